The summed E-state index contributed by atoms with van der Waals surface area (Å²) in [4.78, 5) is 0. The van der Waals surface area contributed by atoms with Crippen LogP contribution in [0, 0.1) is 0 Å². The van der Waals surface area contributed by atoms with Gasteiger partial charge in [-0.2, -0.15) is 0 Å². The molecule has 1 heterocycles. The van der Waals surface area contributed by atoms with Crippen LogP contribution in [0.5, 0.6) is 0 Å². The van der Waals surface area contributed by atoms with E-state index in [0.29, 0.717) is 0 Å². The van der Waals surface area contributed by atoms with E-state index in [4.69, 9.17) is 0 Å². The van der Waals surface area contributed by atoms with Crippen molar-refractivity contribution in [1.82, 2.24) is 0 Å². The third-order valence-corrected chi connectivity index (χ3v) is 12.5. The van der Waals surface area contributed by atoms with Gasteiger partial charge in [0, 0.05) is 25.6 Å². The molecule has 0 radical (unpaired) electrons. The lowest BCUT2D eigenvalue weighted by molar-refractivity contribution is 0.663. The van der Waals surface area contributed by atoms with E-state index >= 15 is 0 Å². The van der Waals surface area contributed by atoms with Gasteiger partial charge in [0.05, 0.1) is 0 Å². The number of hydrogen-bond donors (Lipinski definition) is 0. The van der Waals surface area contributed by atoms with Gasteiger partial charge in [-0.3, -0.25) is 0 Å². The van der Waals surface area contributed by atoms with Crippen molar-refractivity contribution in [2.24, 2.45) is 0 Å². The van der Waals surface area contributed by atoms with Gasteiger partial charge in [0.2, 0.25) is 0 Å². The largest absolute Gasteiger partial charge is 0.135 e. The average molecular weight is 653 g/mol. The van der Waals surface area contributed by atoms with Crippen LogP contribution in [0.4, 0.5) is 0 Å². The summed E-state index contributed by atoms with van der Waals surface area (Å²) in [7, 11) is 0. The summed E-state index contributed by atoms with van der Waals surface area (Å²) in [5, 5.41) is 13.1. The van der Waals surface area contributed by atoms with Gasteiger partial charge in [-0.1, -0.05) is 153 Å². The van der Waals surface area contributed by atoms with E-state index in [1.54, 1.807) is 0 Å². The summed E-state index contributed by atoms with van der Waals surface area (Å²) >= 11 is 1.93. The summed E-state index contributed by atoms with van der Waals surface area (Å²) in [5.74, 6) is 0. The van der Waals surface area contributed by atoms with Crippen molar-refractivity contribution >= 4 is 74.6 Å². The third kappa shape index (κ3) is 3.71. The first-order chi connectivity index (χ1) is 24.6. The summed E-state index contributed by atoms with van der Waals surface area (Å²) in [6.45, 7) is 4.90. The minimum Gasteiger partial charge on any atom is -0.135 e. The van der Waals surface area contributed by atoms with E-state index in [1.165, 1.54) is 108 Å². The second kappa shape index (κ2) is 10.1. The van der Waals surface area contributed by atoms with Crippen LogP contribution in [0.15, 0.2) is 158 Å². The van der Waals surface area contributed by atoms with Gasteiger partial charge in [-0.05, 0) is 106 Å². The molecule has 0 N–H and O–H groups in total. The molecular weight excluding hydrogens is 621 g/mol. The van der Waals surface area contributed by atoms with Gasteiger partial charge < -0.3 is 0 Å². The Hall–Kier alpha value is -5.76. The molecule has 0 saturated heterocycles. The molecule has 234 valence electrons. The van der Waals surface area contributed by atoms with Crippen LogP contribution in [-0.2, 0) is 5.41 Å². The Morgan fingerprint density at radius 1 is 0.400 bits per heavy atom. The first-order valence-electron chi connectivity index (χ1n) is 17.5. The Morgan fingerprint density at radius 2 is 0.960 bits per heavy atom. The van der Waals surface area contributed by atoms with Gasteiger partial charge in [0.15, 0.2) is 0 Å². The molecule has 0 spiro atoms. The first-order valence-corrected chi connectivity index (χ1v) is 18.3. The molecule has 1 heteroatoms. The molecule has 0 unspecified atom stereocenters. The standard InChI is InChI=1S/C49H32S/c1-49(2)40-26-25-30-14-5-6-16-33(30)44(40)39-28-42-46(38-21-11-12-22-41(38)50-42)47(48(39)49)45-36-19-9-7-17-34(36)43(35-18-8-10-20-37(35)45)32-24-23-29-13-3-4-15-31(29)27-32/h3-28H,1-2H3. The fourth-order valence-corrected chi connectivity index (χ4v) is 10.4. The van der Waals surface area contributed by atoms with E-state index in [1.807, 2.05) is 11.3 Å². The van der Waals surface area contributed by atoms with E-state index < -0.39 is 0 Å². The van der Waals surface area contributed by atoms with Crippen molar-refractivity contribution in [3.8, 4) is 33.4 Å². The highest BCUT2D eigenvalue weighted by atomic mass is 32.1. The highest BCUT2D eigenvalue weighted by Gasteiger charge is 2.40. The number of fused-ring (bicyclic) bond motifs is 11. The van der Waals surface area contributed by atoms with E-state index in [-0.39, 0.29) is 5.41 Å². The number of thiophene rings is 1. The van der Waals surface area contributed by atoms with E-state index in [2.05, 4.69) is 172 Å². The summed E-state index contributed by atoms with van der Waals surface area (Å²) in [6.07, 6.45) is 0. The minimum atomic E-state index is -0.208. The lowest BCUT2D eigenvalue weighted by Gasteiger charge is -2.27. The predicted molar refractivity (Wildman–Crippen MR) is 218 cm³/mol. The minimum absolute atomic E-state index is 0.208. The molecule has 1 aliphatic rings. The van der Waals surface area contributed by atoms with Crippen LogP contribution in [0.1, 0.15) is 25.0 Å². The zero-order chi connectivity index (χ0) is 33.1. The second-order valence-electron chi connectivity index (χ2n) is 14.4. The highest BCUT2D eigenvalue weighted by molar-refractivity contribution is 7.26. The molecule has 0 saturated carbocycles. The van der Waals surface area contributed by atoms with Crippen molar-refractivity contribution in [1.29, 1.82) is 0 Å². The van der Waals surface area contributed by atoms with Gasteiger partial charge in [-0.25, -0.2) is 0 Å². The van der Waals surface area contributed by atoms with Crippen LogP contribution >= 0.6 is 11.3 Å². The maximum absolute atomic E-state index is 2.52. The van der Waals surface area contributed by atoms with Gasteiger partial charge in [0.25, 0.3) is 0 Å². The Morgan fingerprint density at radius 3 is 1.68 bits per heavy atom. The molecule has 9 aromatic carbocycles. The first kappa shape index (κ1) is 28.1. The molecule has 1 aliphatic carbocycles. The Bertz CT molecular complexity index is 3010. The Balaban J connectivity index is 1.36. The summed E-state index contributed by atoms with van der Waals surface area (Å²) in [6, 6.07) is 59.1. The van der Waals surface area contributed by atoms with Crippen molar-refractivity contribution in [2.75, 3.05) is 0 Å². The molecule has 0 fully saturated rings. The SMILES string of the molecule is CC1(C)c2ccc3ccccc3c2-c2cc3sc4ccccc4c3c(-c3c4ccccc4c(-c4ccc5ccccc5c4)c4ccccc34)c21. The van der Waals surface area contributed by atoms with Gasteiger partial charge in [0.1, 0.15) is 0 Å². The zero-order valence-electron chi connectivity index (χ0n) is 27.9. The number of hydrogen-bond acceptors (Lipinski definition) is 1. The molecular formula is C49H32S. The van der Waals surface area contributed by atoms with Crippen LogP contribution < -0.4 is 0 Å². The number of rotatable bonds is 2. The topological polar surface area (TPSA) is 0 Å². The lowest BCUT2D eigenvalue weighted by Crippen LogP contribution is -2.16. The second-order valence-corrected chi connectivity index (χ2v) is 15.5. The molecule has 0 amide bonds. The average Bonchev–Trinajstić information content (AvgIpc) is 3.64. The van der Waals surface area contributed by atoms with Crippen molar-refractivity contribution in [3.05, 3.63) is 169 Å². The maximum Gasteiger partial charge on any atom is 0.0368 e. The molecule has 10 aromatic rings. The monoisotopic (exact) mass is 652 g/mol. The Labute approximate surface area is 294 Å². The van der Waals surface area contributed by atoms with Gasteiger partial charge >= 0.3 is 0 Å². The fraction of sp³-hybridized carbons (Fsp3) is 0.0612. The molecule has 1 aromatic heterocycles. The van der Waals surface area contributed by atoms with Crippen molar-refractivity contribution in [2.45, 2.75) is 19.3 Å². The van der Waals surface area contributed by atoms with E-state index in [0.717, 1.165) is 0 Å². The maximum atomic E-state index is 2.52. The zero-order valence-corrected chi connectivity index (χ0v) is 28.7. The smallest absolute Gasteiger partial charge is 0.0368 e. The molecule has 0 bridgehead atoms. The van der Waals surface area contributed by atoms with Crippen LogP contribution in [-0.4, -0.2) is 0 Å². The molecule has 0 atom stereocenters. The van der Waals surface area contributed by atoms with Crippen LogP contribution in [0.2, 0.25) is 0 Å². The number of benzene rings is 9. The van der Waals surface area contributed by atoms with Crippen LogP contribution in [0.3, 0.4) is 0 Å². The van der Waals surface area contributed by atoms with Crippen molar-refractivity contribution < 1.29 is 0 Å². The van der Waals surface area contributed by atoms with E-state index in [9.17, 15) is 0 Å². The Kier molecular flexibility index (Phi) is 5.70. The quantitative estimate of drug-likeness (QED) is 0.163. The summed E-state index contributed by atoms with van der Waals surface area (Å²) in [5.41, 5.74) is 10.7. The predicted octanol–water partition coefficient (Wildman–Crippen LogP) is 14.3. The molecule has 11 rings (SSSR count). The van der Waals surface area contributed by atoms with Crippen molar-refractivity contribution in [3.63, 3.8) is 0 Å². The van der Waals surface area contributed by atoms with Gasteiger partial charge in [-0.15, -0.1) is 11.3 Å². The lowest BCUT2D eigenvalue weighted by atomic mass is 9.75. The summed E-state index contributed by atoms with van der Waals surface area (Å²) < 4.78 is 2.69. The molecule has 0 aliphatic heterocycles. The van der Waals surface area contributed by atoms with Crippen LogP contribution in [0.25, 0.3) is 96.6 Å². The molecule has 50 heavy (non-hydrogen) atoms. The highest BCUT2D eigenvalue weighted by Crippen LogP contribution is 2.59. The normalized spacial score (nSPS) is 13.6. The molecule has 0 nitrogen and oxygen atoms in total. The fourth-order valence-electron chi connectivity index (χ4n) is 9.25. The third-order valence-electron chi connectivity index (χ3n) is 11.4.